The Balaban J connectivity index is 1.60. The van der Waals surface area contributed by atoms with Crippen LogP contribution in [0.3, 0.4) is 0 Å². The quantitative estimate of drug-likeness (QED) is 0.478. The highest BCUT2D eigenvalue weighted by atomic mass is 19.1. The molecule has 0 amide bonds. The second-order valence-electron chi connectivity index (χ2n) is 8.74. The average Bonchev–Trinajstić information content (AvgIpc) is 2.79. The van der Waals surface area contributed by atoms with Crippen LogP contribution in [0.4, 0.5) is 8.78 Å². The summed E-state index contributed by atoms with van der Waals surface area (Å²) in [6.07, 6.45) is 8.45. The molecule has 2 aromatic rings. The Morgan fingerprint density at radius 2 is 1.19 bits per heavy atom. The topological polar surface area (TPSA) is 43.7 Å². The summed E-state index contributed by atoms with van der Waals surface area (Å²) in [5, 5.41) is 20.7. The van der Waals surface area contributed by atoms with Gasteiger partial charge in [0.25, 0.3) is 0 Å². The third-order valence-electron chi connectivity index (χ3n) is 6.63. The molecule has 0 aliphatic carbocycles. The van der Waals surface area contributed by atoms with Crippen molar-refractivity contribution in [3.8, 4) is 0 Å². The zero-order valence-electron chi connectivity index (χ0n) is 18.3. The fourth-order valence-corrected chi connectivity index (χ4v) is 4.77. The lowest BCUT2D eigenvalue weighted by molar-refractivity contribution is -0.0144. The van der Waals surface area contributed by atoms with Crippen molar-refractivity contribution in [2.24, 2.45) is 5.92 Å². The normalized spacial score (nSPS) is 16.0. The smallest absolute Gasteiger partial charge is 0.123 e. The van der Waals surface area contributed by atoms with E-state index >= 15 is 0 Å². The van der Waals surface area contributed by atoms with Gasteiger partial charge in [-0.15, -0.1) is 0 Å². The molecule has 1 heterocycles. The Labute approximate surface area is 184 Å². The highest BCUT2D eigenvalue weighted by Gasteiger charge is 2.41. The molecule has 31 heavy (non-hydrogen) atoms. The molecule has 1 fully saturated rings. The summed E-state index contributed by atoms with van der Waals surface area (Å²) >= 11 is 0. The number of rotatable bonds is 11. The molecule has 0 aromatic heterocycles. The van der Waals surface area contributed by atoms with E-state index in [9.17, 15) is 13.9 Å². The van der Waals surface area contributed by atoms with E-state index < -0.39 is 5.60 Å². The molecule has 0 saturated carbocycles. The summed E-state index contributed by atoms with van der Waals surface area (Å²) in [5.74, 6) is -0.689. The molecule has 170 valence electrons. The molecule has 1 aliphatic heterocycles. The van der Waals surface area contributed by atoms with Gasteiger partial charge in [-0.1, -0.05) is 49.9 Å². The molecule has 0 atom stereocenters. The van der Waals surface area contributed by atoms with Crippen LogP contribution >= 0.6 is 0 Å². The second kappa shape index (κ2) is 11.7. The molecule has 3 nitrogen and oxygen atoms in total. The van der Waals surface area contributed by atoms with Crippen LogP contribution in [0.1, 0.15) is 62.5 Å². The first kappa shape index (κ1) is 23.8. The number of aliphatic hydroxyl groups excluding tert-OH is 1. The van der Waals surface area contributed by atoms with Crippen molar-refractivity contribution < 1.29 is 19.0 Å². The number of unbranched alkanes of at least 4 members (excludes halogenated alkanes) is 5. The van der Waals surface area contributed by atoms with E-state index in [4.69, 9.17) is 5.11 Å². The van der Waals surface area contributed by atoms with Crippen molar-refractivity contribution in [3.05, 3.63) is 71.3 Å². The van der Waals surface area contributed by atoms with E-state index in [-0.39, 0.29) is 24.2 Å². The lowest BCUT2D eigenvalue weighted by Gasteiger charge is -2.42. The van der Waals surface area contributed by atoms with Gasteiger partial charge in [-0.05, 0) is 86.6 Å². The number of likely N-dealkylation sites (tertiary alicyclic amines) is 1. The van der Waals surface area contributed by atoms with Crippen LogP contribution in [-0.2, 0) is 5.60 Å². The Hall–Kier alpha value is -1.82. The molecule has 1 saturated heterocycles. The summed E-state index contributed by atoms with van der Waals surface area (Å²) in [4.78, 5) is 2.46. The third kappa shape index (κ3) is 6.34. The number of aliphatic hydroxyl groups is 2. The molecule has 3 rings (SSSR count). The Bertz CT molecular complexity index is 725. The van der Waals surface area contributed by atoms with Gasteiger partial charge in [0.1, 0.15) is 17.2 Å². The number of hydrogen-bond acceptors (Lipinski definition) is 3. The summed E-state index contributed by atoms with van der Waals surface area (Å²) < 4.78 is 27.0. The van der Waals surface area contributed by atoms with Crippen molar-refractivity contribution in [1.82, 2.24) is 4.90 Å². The zero-order valence-corrected chi connectivity index (χ0v) is 18.3. The fraction of sp³-hybridized carbons (Fsp3) is 0.538. The average molecular weight is 432 g/mol. The molecule has 1 aliphatic rings. The maximum Gasteiger partial charge on any atom is 0.123 e. The van der Waals surface area contributed by atoms with Crippen molar-refractivity contribution in [2.75, 3.05) is 26.2 Å². The van der Waals surface area contributed by atoms with Crippen molar-refractivity contribution in [1.29, 1.82) is 0 Å². The largest absolute Gasteiger partial charge is 0.396 e. The predicted molar refractivity (Wildman–Crippen MR) is 120 cm³/mol. The van der Waals surface area contributed by atoms with Crippen molar-refractivity contribution in [3.63, 3.8) is 0 Å². The van der Waals surface area contributed by atoms with Crippen LogP contribution in [0.2, 0.25) is 0 Å². The van der Waals surface area contributed by atoms with E-state index in [2.05, 4.69) is 4.90 Å². The highest BCUT2D eigenvalue weighted by Crippen LogP contribution is 2.42. The van der Waals surface area contributed by atoms with Gasteiger partial charge in [0.15, 0.2) is 0 Å². The van der Waals surface area contributed by atoms with Gasteiger partial charge in [-0.25, -0.2) is 8.78 Å². The molecular formula is C26H35F2NO2. The van der Waals surface area contributed by atoms with Crippen LogP contribution in [0.25, 0.3) is 0 Å². The molecule has 0 radical (unpaired) electrons. The van der Waals surface area contributed by atoms with E-state index in [1.54, 1.807) is 24.3 Å². The number of benzene rings is 2. The number of hydrogen-bond donors (Lipinski definition) is 2. The monoisotopic (exact) mass is 431 g/mol. The first-order valence-electron chi connectivity index (χ1n) is 11.6. The lowest BCUT2D eigenvalue weighted by atomic mass is 9.72. The van der Waals surface area contributed by atoms with Crippen LogP contribution in [0, 0.1) is 17.6 Å². The lowest BCUT2D eigenvalue weighted by Crippen LogP contribution is -2.44. The van der Waals surface area contributed by atoms with E-state index in [0.29, 0.717) is 11.1 Å². The van der Waals surface area contributed by atoms with Gasteiger partial charge in [0.05, 0.1) is 0 Å². The molecule has 0 unspecified atom stereocenters. The first-order valence-corrected chi connectivity index (χ1v) is 11.6. The maximum atomic E-state index is 13.5. The Morgan fingerprint density at radius 1 is 0.742 bits per heavy atom. The highest BCUT2D eigenvalue weighted by molar-refractivity contribution is 5.37. The molecule has 5 heteroatoms. The van der Waals surface area contributed by atoms with Gasteiger partial charge in [0.2, 0.25) is 0 Å². The maximum absolute atomic E-state index is 13.5. The summed E-state index contributed by atoms with van der Waals surface area (Å²) in [6.45, 7) is 3.19. The fourth-order valence-electron chi connectivity index (χ4n) is 4.77. The van der Waals surface area contributed by atoms with Gasteiger partial charge < -0.3 is 15.1 Å². The van der Waals surface area contributed by atoms with Crippen LogP contribution in [-0.4, -0.2) is 41.4 Å². The van der Waals surface area contributed by atoms with Crippen molar-refractivity contribution >= 4 is 0 Å². The van der Waals surface area contributed by atoms with Crippen LogP contribution < -0.4 is 0 Å². The minimum Gasteiger partial charge on any atom is -0.396 e. The Morgan fingerprint density at radius 3 is 1.68 bits per heavy atom. The van der Waals surface area contributed by atoms with Gasteiger partial charge in [-0.2, -0.15) is 0 Å². The first-order chi connectivity index (χ1) is 15.0. The van der Waals surface area contributed by atoms with E-state index in [1.807, 2.05) is 0 Å². The van der Waals surface area contributed by atoms with Gasteiger partial charge in [-0.3, -0.25) is 0 Å². The van der Waals surface area contributed by atoms with Crippen LogP contribution in [0.15, 0.2) is 48.5 Å². The van der Waals surface area contributed by atoms with Gasteiger partial charge in [0, 0.05) is 6.61 Å². The van der Waals surface area contributed by atoms with E-state index in [1.165, 1.54) is 49.9 Å². The molecule has 0 bridgehead atoms. The Kier molecular flexibility index (Phi) is 9.00. The predicted octanol–water partition coefficient (Wildman–Crippen LogP) is 5.25. The summed E-state index contributed by atoms with van der Waals surface area (Å²) in [5.41, 5.74) is 0.0453. The van der Waals surface area contributed by atoms with Crippen LogP contribution in [0.5, 0.6) is 0 Å². The SMILES string of the molecule is OCCCCCCCCN1CCC(C(O)(c2ccc(F)cc2)c2ccc(F)cc2)CC1. The summed E-state index contributed by atoms with van der Waals surface area (Å²) in [6, 6.07) is 12.1. The minimum atomic E-state index is -1.26. The molecular weight excluding hydrogens is 396 g/mol. The molecule has 2 N–H and O–H groups in total. The second-order valence-corrected chi connectivity index (χ2v) is 8.74. The number of nitrogens with zero attached hydrogens (tertiary/aromatic N) is 1. The van der Waals surface area contributed by atoms with Crippen molar-refractivity contribution in [2.45, 2.75) is 57.0 Å². The zero-order chi connectivity index (χ0) is 22.1. The number of piperidine rings is 1. The molecule has 2 aromatic carbocycles. The minimum absolute atomic E-state index is 0.0156. The van der Waals surface area contributed by atoms with E-state index in [0.717, 1.165) is 45.3 Å². The number of halogens is 2. The third-order valence-corrected chi connectivity index (χ3v) is 6.63. The standard InChI is InChI=1S/C26H35F2NO2/c27-24-11-7-21(8-12-24)26(31,22-9-13-25(28)14-10-22)23-15-18-29(19-16-23)17-5-3-1-2-4-6-20-30/h7-14,23,30-31H,1-6,15-20H2. The summed E-state index contributed by atoms with van der Waals surface area (Å²) in [7, 11) is 0. The van der Waals surface area contributed by atoms with Gasteiger partial charge >= 0.3 is 0 Å². The molecule has 0 spiro atoms.